The van der Waals surface area contributed by atoms with Crippen LogP contribution in [0.15, 0.2) is 24.5 Å². The molecule has 17 heavy (non-hydrogen) atoms. The molecule has 0 aromatic carbocycles. The first-order valence-electron chi connectivity index (χ1n) is 5.24. The zero-order chi connectivity index (χ0) is 12.0. The van der Waals surface area contributed by atoms with Crippen molar-refractivity contribution in [1.82, 2.24) is 14.4 Å². The van der Waals surface area contributed by atoms with E-state index in [2.05, 4.69) is 14.7 Å². The van der Waals surface area contributed by atoms with Gasteiger partial charge >= 0.3 is 5.97 Å². The lowest BCUT2D eigenvalue weighted by Crippen LogP contribution is -2.00. The Labute approximate surface area is 97.0 Å². The fourth-order valence-electron chi connectivity index (χ4n) is 1.99. The predicted octanol–water partition coefficient (Wildman–Crippen LogP) is 1.91. The molecule has 0 saturated heterocycles. The molecular formula is C12H11N3O2. The molecule has 5 nitrogen and oxygen atoms in total. The lowest BCUT2D eigenvalue weighted by Gasteiger charge is -1.93. The molecule has 86 valence electrons. The summed E-state index contributed by atoms with van der Waals surface area (Å²) in [5.74, 6) is -0.373. The molecule has 0 atom stereocenters. The number of hydrogen-bond donors (Lipinski definition) is 1. The van der Waals surface area contributed by atoms with Gasteiger partial charge in [0, 0.05) is 17.8 Å². The van der Waals surface area contributed by atoms with Crippen LogP contribution >= 0.6 is 0 Å². The fourth-order valence-corrected chi connectivity index (χ4v) is 1.99. The standard InChI is InChI=1S/C12H11N3O2/c1-7-6-15-4-3-9-8(11(15)13-7)5-10(14-9)12(16)17-2/h3-6,14H,1-2H3. The summed E-state index contributed by atoms with van der Waals surface area (Å²) in [5.41, 5.74) is 3.10. The van der Waals surface area contributed by atoms with E-state index in [1.807, 2.05) is 29.8 Å². The van der Waals surface area contributed by atoms with Gasteiger partial charge in [-0.3, -0.25) is 0 Å². The van der Waals surface area contributed by atoms with Crippen LogP contribution in [0.4, 0.5) is 0 Å². The molecule has 3 rings (SSSR count). The third kappa shape index (κ3) is 1.39. The lowest BCUT2D eigenvalue weighted by atomic mass is 10.3. The Balaban J connectivity index is 2.34. The number of H-pyrrole nitrogens is 1. The van der Waals surface area contributed by atoms with Crippen molar-refractivity contribution in [3.8, 4) is 0 Å². The number of fused-ring (bicyclic) bond motifs is 3. The van der Waals surface area contributed by atoms with E-state index in [9.17, 15) is 4.79 Å². The summed E-state index contributed by atoms with van der Waals surface area (Å²) in [6.07, 6.45) is 3.86. The van der Waals surface area contributed by atoms with E-state index in [1.54, 1.807) is 6.07 Å². The van der Waals surface area contributed by atoms with Crippen molar-refractivity contribution >= 4 is 22.5 Å². The summed E-state index contributed by atoms with van der Waals surface area (Å²) in [5, 5.41) is 0.918. The van der Waals surface area contributed by atoms with Gasteiger partial charge in [-0.25, -0.2) is 9.78 Å². The SMILES string of the molecule is COC(=O)c1cc2c(ccn3cc(C)nc23)[nH]1. The van der Waals surface area contributed by atoms with Gasteiger partial charge in [0.15, 0.2) is 0 Å². The third-order valence-electron chi connectivity index (χ3n) is 2.75. The molecule has 5 heteroatoms. The number of aromatic amines is 1. The Morgan fingerprint density at radius 2 is 2.35 bits per heavy atom. The molecule has 0 unspecified atom stereocenters. The number of pyridine rings is 1. The highest BCUT2D eigenvalue weighted by Gasteiger charge is 2.12. The monoisotopic (exact) mass is 229 g/mol. The zero-order valence-corrected chi connectivity index (χ0v) is 9.52. The van der Waals surface area contributed by atoms with E-state index in [0.29, 0.717) is 5.69 Å². The highest BCUT2D eigenvalue weighted by Crippen LogP contribution is 2.21. The Bertz CT molecular complexity index is 724. The van der Waals surface area contributed by atoms with Crippen molar-refractivity contribution in [2.75, 3.05) is 7.11 Å². The summed E-state index contributed by atoms with van der Waals surface area (Å²) in [6, 6.07) is 3.68. The highest BCUT2D eigenvalue weighted by molar-refractivity contribution is 5.99. The van der Waals surface area contributed by atoms with Crippen LogP contribution in [0.25, 0.3) is 16.6 Å². The first-order valence-corrected chi connectivity index (χ1v) is 5.24. The van der Waals surface area contributed by atoms with E-state index in [4.69, 9.17) is 0 Å². The number of rotatable bonds is 1. The summed E-state index contributed by atoms with van der Waals surface area (Å²) in [6.45, 7) is 1.94. The molecule has 0 bridgehead atoms. The van der Waals surface area contributed by atoms with Crippen LogP contribution in [0.2, 0.25) is 0 Å². The average molecular weight is 229 g/mol. The van der Waals surface area contributed by atoms with Crippen molar-refractivity contribution in [3.05, 3.63) is 35.9 Å². The number of aryl methyl sites for hydroxylation is 1. The van der Waals surface area contributed by atoms with Gasteiger partial charge in [0.05, 0.1) is 18.3 Å². The first-order chi connectivity index (χ1) is 8.19. The topological polar surface area (TPSA) is 59.4 Å². The molecule has 0 radical (unpaired) electrons. The molecule has 3 heterocycles. The number of carbonyl (C=O) groups is 1. The van der Waals surface area contributed by atoms with Crippen LogP contribution in [0, 0.1) is 6.92 Å². The minimum Gasteiger partial charge on any atom is -0.464 e. The molecule has 0 aliphatic heterocycles. The smallest absolute Gasteiger partial charge is 0.354 e. The zero-order valence-electron chi connectivity index (χ0n) is 9.52. The molecule has 1 N–H and O–H groups in total. The minimum absolute atomic E-state index is 0.373. The fraction of sp³-hybridized carbons (Fsp3) is 0.167. The highest BCUT2D eigenvalue weighted by atomic mass is 16.5. The number of aromatic nitrogens is 3. The van der Waals surface area contributed by atoms with Crippen LogP contribution in [0.3, 0.4) is 0 Å². The molecule has 3 aromatic heterocycles. The maximum absolute atomic E-state index is 11.4. The number of ether oxygens (including phenoxy) is 1. The molecule has 0 amide bonds. The van der Waals surface area contributed by atoms with Gasteiger partial charge in [-0.15, -0.1) is 0 Å². The van der Waals surface area contributed by atoms with Crippen molar-refractivity contribution in [3.63, 3.8) is 0 Å². The van der Waals surface area contributed by atoms with Gasteiger partial charge in [0.2, 0.25) is 0 Å². The second-order valence-electron chi connectivity index (χ2n) is 3.93. The Kier molecular flexibility index (Phi) is 1.95. The van der Waals surface area contributed by atoms with Gasteiger partial charge < -0.3 is 14.1 Å². The number of nitrogens with one attached hydrogen (secondary N) is 1. The van der Waals surface area contributed by atoms with Crippen molar-refractivity contribution in [2.45, 2.75) is 6.92 Å². The number of nitrogens with zero attached hydrogens (tertiary/aromatic N) is 2. The van der Waals surface area contributed by atoms with Crippen molar-refractivity contribution in [1.29, 1.82) is 0 Å². The van der Waals surface area contributed by atoms with Gasteiger partial charge in [-0.05, 0) is 19.1 Å². The molecule has 0 aliphatic rings. The van der Waals surface area contributed by atoms with E-state index < -0.39 is 0 Å². The van der Waals surface area contributed by atoms with Crippen LogP contribution in [0.5, 0.6) is 0 Å². The van der Waals surface area contributed by atoms with Crippen molar-refractivity contribution in [2.24, 2.45) is 0 Å². The van der Waals surface area contributed by atoms with Crippen LogP contribution in [-0.2, 0) is 4.74 Å². The maximum atomic E-state index is 11.4. The normalized spacial score (nSPS) is 11.2. The quantitative estimate of drug-likeness (QED) is 0.648. The summed E-state index contributed by atoms with van der Waals surface area (Å²) < 4.78 is 6.62. The molecule has 0 saturated carbocycles. The Hall–Kier alpha value is -2.30. The second-order valence-corrected chi connectivity index (χ2v) is 3.93. The third-order valence-corrected chi connectivity index (χ3v) is 2.75. The molecule has 0 spiro atoms. The molecule has 3 aromatic rings. The van der Waals surface area contributed by atoms with Crippen LogP contribution in [-0.4, -0.2) is 27.4 Å². The Morgan fingerprint density at radius 3 is 3.12 bits per heavy atom. The summed E-state index contributed by atoms with van der Waals surface area (Å²) >= 11 is 0. The average Bonchev–Trinajstić information content (AvgIpc) is 2.89. The second kappa shape index (κ2) is 3.35. The van der Waals surface area contributed by atoms with Gasteiger partial charge in [0.25, 0.3) is 0 Å². The Morgan fingerprint density at radius 1 is 1.53 bits per heavy atom. The number of carbonyl (C=O) groups excluding carboxylic acids is 1. The molecule has 0 aliphatic carbocycles. The first kappa shape index (κ1) is 9.89. The maximum Gasteiger partial charge on any atom is 0.354 e. The van der Waals surface area contributed by atoms with Crippen LogP contribution in [0.1, 0.15) is 16.2 Å². The largest absolute Gasteiger partial charge is 0.464 e. The van der Waals surface area contributed by atoms with E-state index >= 15 is 0 Å². The van der Waals surface area contributed by atoms with E-state index in [-0.39, 0.29) is 5.97 Å². The minimum atomic E-state index is -0.373. The summed E-state index contributed by atoms with van der Waals surface area (Å²) in [7, 11) is 1.36. The van der Waals surface area contributed by atoms with Gasteiger partial charge in [0.1, 0.15) is 11.3 Å². The van der Waals surface area contributed by atoms with Gasteiger partial charge in [-0.2, -0.15) is 0 Å². The van der Waals surface area contributed by atoms with E-state index in [1.165, 1.54) is 7.11 Å². The number of methoxy groups -OCH3 is 1. The number of esters is 1. The predicted molar refractivity (Wildman–Crippen MR) is 63.1 cm³/mol. The molecule has 0 fully saturated rings. The van der Waals surface area contributed by atoms with Crippen LogP contribution < -0.4 is 0 Å². The number of imidazole rings is 1. The summed E-state index contributed by atoms with van der Waals surface area (Å²) in [4.78, 5) is 18.9. The lowest BCUT2D eigenvalue weighted by molar-refractivity contribution is 0.0595. The number of hydrogen-bond acceptors (Lipinski definition) is 3. The van der Waals surface area contributed by atoms with E-state index in [0.717, 1.165) is 22.2 Å². The van der Waals surface area contributed by atoms with Crippen molar-refractivity contribution < 1.29 is 9.53 Å². The van der Waals surface area contributed by atoms with Gasteiger partial charge in [-0.1, -0.05) is 0 Å². The molecular weight excluding hydrogens is 218 g/mol.